The zero-order valence-electron chi connectivity index (χ0n) is 16.3. The van der Waals surface area contributed by atoms with Crippen LogP contribution in [0.15, 0.2) is 84.4 Å². The van der Waals surface area contributed by atoms with E-state index in [9.17, 15) is 19.2 Å². The molecule has 0 aliphatic rings. The van der Waals surface area contributed by atoms with Gasteiger partial charge in [-0.15, -0.1) is 0 Å². The van der Waals surface area contributed by atoms with Gasteiger partial charge in [-0.2, -0.15) is 5.26 Å². The van der Waals surface area contributed by atoms with E-state index >= 15 is 0 Å². The number of hydrogen-bond donors (Lipinski definition) is 2. The first-order valence-corrected chi connectivity index (χ1v) is 9.30. The van der Waals surface area contributed by atoms with Gasteiger partial charge in [0.25, 0.3) is 11.8 Å². The van der Waals surface area contributed by atoms with Crippen molar-refractivity contribution in [3.8, 4) is 11.8 Å². The molecule has 0 heterocycles. The molecule has 0 fully saturated rings. The third-order valence-electron chi connectivity index (χ3n) is 4.10. The predicted octanol–water partition coefficient (Wildman–Crippen LogP) is 4.39. The van der Waals surface area contributed by atoms with Gasteiger partial charge in [0.2, 0.25) is 0 Å². The summed E-state index contributed by atoms with van der Waals surface area (Å²) in [6, 6.07) is 22.7. The Hall–Kier alpha value is -4.44. The molecule has 2 N–H and O–H groups in total. The van der Waals surface area contributed by atoms with Crippen molar-refractivity contribution < 1.29 is 18.7 Å². The smallest absolute Gasteiger partial charge is 0.266 e. The Labute approximate surface area is 178 Å². The van der Waals surface area contributed by atoms with Crippen LogP contribution in [0.3, 0.4) is 0 Å². The lowest BCUT2D eigenvalue weighted by Crippen LogP contribution is -2.20. The molecule has 3 aromatic rings. The Bertz CT molecular complexity index is 1140. The first-order valence-electron chi connectivity index (χ1n) is 9.30. The van der Waals surface area contributed by atoms with Crippen molar-refractivity contribution >= 4 is 29.3 Å². The molecular formula is C24H18FN3O3. The van der Waals surface area contributed by atoms with E-state index in [1.807, 2.05) is 12.1 Å². The van der Waals surface area contributed by atoms with Gasteiger partial charge in [0.1, 0.15) is 23.2 Å². The van der Waals surface area contributed by atoms with Crippen LogP contribution < -0.4 is 15.4 Å². The van der Waals surface area contributed by atoms with Crippen molar-refractivity contribution in [1.29, 1.82) is 5.26 Å². The van der Waals surface area contributed by atoms with E-state index in [1.54, 1.807) is 48.5 Å². The Balaban J connectivity index is 1.68. The highest BCUT2D eigenvalue weighted by Crippen LogP contribution is 2.22. The molecule has 0 bridgehead atoms. The number of carbonyl (C=O) groups is 2. The third-order valence-corrected chi connectivity index (χ3v) is 4.10. The molecule has 2 amide bonds. The fourth-order valence-electron chi connectivity index (χ4n) is 2.63. The van der Waals surface area contributed by atoms with E-state index in [4.69, 9.17) is 4.74 Å². The highest BCUT2D eigenvalue weighted by Gasteiger charge is 2.12. The maximum Gasteiger partial charge on any atom is 0.266 e. The van der Waals surface area contributed by atoms with Crippen molar-refractivity contribution in [3.63, 3.8) is 0 Å². The molecule has 3 aromatic carbocycles. The number of nitriles is 1. The van der Waals surface area contributed by atoms with Crippen LogP contribution in [0.4, 0.5) is 15.8 Å². The number of hydrogen-bond acceptors (Lipinski definition) is 4. The van der Waals surface area contributed by atoms with E-state index < -0.39 is 17.6 Å². The summed E-state index contributed by atoms with van der Waals surface area (Å²) in [5.74, 6) is -1.07. The van der Waals surface area contributed by atoms with Gasteiger partial charge in [0.05, 0.1) is 0 Å². The van der Waals surface area contributed by atoms with E-state index in [0.717, 1.165) is 0 Å². The number of ether oxygens (including phenoxy) is 1. The van der Waals surface area contributed by atoms with Crippen LogP contribution >= 0.6 is 0 Å². The van der Waals surface area contributed by atoms with Gasteiger partial charge in [-0.25, -0.2) is 4.39 Å². The summed E-state index contributed by atoms with van der Waals surface area (Å²) in [7, 11) is 0. The van der Waals surface area contributed by atoms with Crippen molar-refractivity contribution in [2.24, 2.45) is 0 Å². The Morgan fingerprint density at radius 1 is 0.903 bits per heavy atom. The molecule has 3 rings (SSSR count). The van der Waals surface area contributed by atoms with E-state index in [-0.39, 0.29) is 12.2 Å². The van der Waals surface area contributed by atoms with Crippen molar-refractivity contribution in [2.45, 2.75) is 0 Å². The number of amides is 2. The van der Waals surface area contributed by atoms with Crippen LogP contribution in [0.2, 0.25) is 0 Å². The van der Waals surface area contributed by atoms with Gasteiger partial charge in [0.15, 0.2) is 6.61 Å². The maximum atomic E-state index is 13.0. The molecule has 0 aliphatic heterocycles. The molecule has 0 saturated carbocycles. The SMILES string of the molecule is N#CC(=Cc1ccccc1OCC(=O)Nc1ccc(F)cc1)C(=O)Nc1ccccc1. The summed E-state index contributed by atoms with van der Waals surface area (Å²) in [5.41, 5.74) is 1.36. The van der Waals surface area contributed by atoms with Gasteiger partial charge in [-0.1, -0.05) is 36.4 Å². The number of rotatable bonds is 7. The normalized spacial score (nSPS) is 10.6. The standard InChI is InChI=1S/C24H18FN3O3/c25-19-10-12-21(13-11-19)27-23(29)16-31-22-9-5-4-6-17(22)14-18(15-26)24(30)28-20-7-2-1-3-8-20/h1-14H,16H2,(H,27,29)(H,28,30). The molecule has 0 unspecified atom stereocenters. The zero-order valence-corrected chi connectivity index (χ0v) is 16.3. The van der Waals surface area contributed by atoms with Gasteiger partial charge in [0, 0.05) is 16.9 Å². The second-order valence-electron chi connectivity index (χ2n) is 6.37. The highest BCUT2D eigenvalue weighted by molar-refractivity contribution is 6.09. The Morgan fingerprint density at radius 3 is 2.26 bits per heavy atom. The average molecular weight is 415 g/mol. The molecule has 6 nitrogen and oxygen atoms in total. The van der Waals surface area contributed by atoms with Gasteiger partial charge >= 0.3 is 0 Å². The first-order chi connectivity index (χ1) is 15.0. The molecule has 0 radical (unpaired) electrons. The zero-order chi connectivity index (χ0) is 22.1. The van der Waals surface area contributed by atoms with E-state index in [1.165, 1.54) is 30.3 Å². The molecule has 0 spiro atoms. The lowest BCUT2D eigenvalue weighted by Gasteiger charge is -2.10. The van der Waals surface area contributed by atoms with Crippen molar-refractivity contribution in [1.82, 2.24) is 0 Å². The first kappa shape index (κ1) is 21.3. The topological polar surface area (TPSA) is 91.2 Å². The summed E-state index contributed by atoms with van der Waals surface area (Å²) in [4.78, 5) is 24.5. The van der Waals surface area contributed by atoms with Crippen LogP contribution in [0.25, 0.3) is 6.08 Å². The van der Waals surface area contributed by atoms with Gasteiger partial charge < -0.3 is 15.4 Å². The number of anilines is 2. The second-order valence-corrected chi connectivity index (χ2v) is 6.37. The number of nitrogens with one attached hydrogen (secondary N) is 2. The fourth-order valence-corrected chi connectivity index (χ4v) is 2.63. The summed E-state index contributed by atoms with van der Waals surface area (Å²) < 4.78 is 18.5. The van der Waals surface area contributed by atoms with Crippen LogP contribution in [0.5, 0.6) is 5.75 Å². The van der Waals surface area contributed by atoms with Crippen LogP contribution in [0, 0.1) is 17.1 Å². The largest absolute Gasteiger partial charge is 0.483 e. The molecule has 0 aromatic heterocycles. The predicted molar refractivity (Wildman–Crippen MR) is 116 cm³/mol. The average Bonchev–Trinajstić information content (AvgIpc) is 2.79. The van der Waals surface area contributed by atoms with E-state index in [2.05, 4.69) is 10.6 Å². The number of halogens is 1. The third kappa shape index (κ3) is 6.27. The number of para-hydroxylation sites is 2. The summed E-state index contributed by atoms with van der Waals surface area (Å²) in [6.45, 7) is -0.305. The summed E-state index contributed by atoms with van der Waals surface area (Å²) in [5, 5.41) is 14.7. The number of carbonyl (C=O) groups excluding carboxylic acids is 2. The molecule has 7 heteroatoms. The van der Waals surface area contributed by atoms with Crippen molar-refractivity contribution in [2.75, 3.05) is 17.2 Å². The number of benzene rings is 3. The highest BCUT2D eigenvalue weighted by atomic mass is 19.1. The van der Waals surface area contributed by atoms with E-state index in [0.29, 0.717) is 22.7 Å². The molecular weight excluding hydrogens is 397 g/mol. The van der Waals surface area contributed by atoms with Crippen molar-refractivity contribution in [3.05, 3.63) is 95.8 Å². The monoisotopic (exact) mass is 415 g/mol. The minimum absolute atomic E-state index is 0.115. The molecule has 154 valence electrons. The summed E-state index contributed by atoms with van der Waals surface area (Å²) >= 11 is 0. The molecule has 0 atom stereocenters. The van der Waals surface area contributed by atoms with Gasteiger partial charge in [-0.3, -0.25) is 9.59 Å². The van der Waals surface area contributed by atoms with Gasteiger partial charge in [-0.05, 0) is 48.5 Å². The quantitative estimate of drug-likeness (QED) is 0.442. The maximum absolute atomic E-state index is 13.0. The van der Waals surface area contributed by atoms with Crippen LogP contribution in [0.1, 0.15) is 5.56 Å². The summed E-state index contributed by atoms with van der Waals surface area (Å²) in [6.07, 6.45) is 1.39. The fraction of sp³-hybridized carbons (Fsp3) is 0.0417. The van der Waals surface area contributed by atoms with Crippen LogP contribution in [-0.2, 0) is 9.59 Å². The molecule has 0 aliphatic carbocycles. The minimum atomic E-state index is -0.558. The second kappa shape index (κ2) is 10.4. The molecule has 31 heavy (non-hydrogen) atoms. The number of nitrogens with zero attached hydrogens (tertiary/aromatic N) is 1. The molecule has 0 saturated heterocycles. The Kier molecular flexibility index (Phi) is 7.12. The van der Waals surface area contributed by atoms with Crippen LogP contribution in [-0.4, -0.2) is 18.4 Å². The lowest BCUT2D eigenvalue weighted by molar-refractivity contribution is -0.118. The Morgan fingerprint density at radius 2 is 1.55 bits per heavy atom. The lowest BCUT2D eigenvalue weighted by atomic mass is 10.1. The minimum Gasteiger partial charge on any atom is -0.483 e.